The van der Waals surface area contributed by atoms with Crippen LogP contribution < -0.4 is 5.32 Å². The van der Waals surface area contributed by atoms with Gasteiger partial charge in [0, 0.05) is 17.8 Å². The van der Waals surface area contributed by atoms with Crippen molar-refractivity contribution in [2.75, 3.05) is 6.54 Å². The van der Waals surface area contributed by atoms with Gasteiger partial charge in [0.05, 0.1) is 11.1 Å². The van der Waals surface area contributed by atoms with Crippen LogP contribution in [0.5, 0.6) is 0 Å². The standard InChI is InChI=1S/C23H20N2O3S/c26-21(24-13-12-17-9-6-14-29-17)20(15-16-7-2-1-3-8-16)25-22(27)18-10-4-5-11-19(18)23(25)28/h1-11,14,20H,12-13,15H2,(H,24,26)/t20-/m0/s1. The summed E-state index contributed by atoms with van der Waals surface area (Å²) >= 11 is 1.63. The van der Waals surface area contributed by atoms with E-state index in [9.17, 15) is 14.4 Å². The van der Waals surface area contributed by atoms with Crippen molar-refractivity contribution < 1.29 is 14.4 Å². The second kappa shape index (κ2) is 8.41. The van der Waals surface area contributed by atoms with Crippen molar-refractivity contribution in [3.63, 3.8) is 0 Å². The predicted octanol–water partition coefficient (Wildman–Crippen LogP) is 3.31. The molecule has 1 aromatic heterocycles. The highest BCUT2D eigenvalue weighted by Gasteiger charge is 2.42. The molecule has 0 radical (unpaired) electrons. The van der Waals surface area contributed by atoms with Crippen LogP contribution in [0.4, 0.5) is 0 Å². The zero-order chi connectivity index (χ0) is 20.2. The van der Waals surface area contributed by atoms with Gasteiger partial charge in [-0.25, -0.2) is 0 Å². The molecule has 1 aliphatic rings. The first-order valence-corrected chi connectivity index (χ1v) is 10.3. The first-order valence-electron chi connectivity index (χ1n) is 9.46. The van der Waals surface area contributed by atoms with Crippen molar-refractivity contribution in [2.45, 2.75) is 18.9 Å². The van der Waals surface area contributed by atoms with Gasteiger partial charge in [-0.3, -0.25) is 19.3 Å². The number of rotatable bonds is 7. The number of nitrogens with zero attached hydrogens (tertiary/aromatic N) is 1. The van der Waals surface area contributed by atoms with E-state index in [1.165, 1.54) is 4.88 Å². The van der Waals surface area contributed by atoms with E-state index in [0.717, 1.165) is 10.5 Å². The van der Waals surface area contributed by atoms with Crippen molar-refractivity contribution in [3.8, 4) is 0 Å². The topological polar surface area (TPSA) is 66.5 Å². The normalized spacial score (nSPS) is 14.0. The Bertz CT molecular complexity index is 996. The largest absolute Gasteiger partial charge is 0.354 e. The van der Waals surface area contributed by atoms with E-state index in [2.05, 4.69) is 5.32 Å². The first-order chi connectivity index (χ1) is 14.1. The molecule has 1 N–H and O–H groups in total. The van der Waals surface area contributed by atoms with Gasteiger partial charge in [0.25, 0.3) is 11.8 Å². The van der Waals surface area contributed by atoms with E-state index >= 15 is 0 Å². The molecule has 0 fully saturated rings. The molecule has 2 aromatic carbocycles. The van der Waals surface area contributed by atoms with E-state index in [4.69, 9.17) is 0 Å². The molecule has 0 saturated heterocycles. The highest BCUT2D eigenvalue weighted by molar-refractivity contribution is 7.09. The summed E-state index contributed by atoms with van der Waals surface area (Å²) in [5.74, 6) is -1.15. The average molecular weight is 404 g/mol. The van der Waals surface area contributed by atoms with Crippen molar-refractivity contribution in [2.24, 2.45) is 0 Å². The minimum Gasteiger partial charge on any atom is -0.354 e. The van der Waals surface area contributed by atoms with Gasteiger partial charge in [-0.15, -0.1) is 11.3 Å². The highest BCUT2D eigenvalue weighted by atomic mass is 32.1. The molecule has 6 heteroatoms. The van der Waals surface area contributed by atoms with E-state index in [1.807, 2.05) is 47.8 Å². The third kappa shape index (κ3) is 3.98. The molecule has 0 saturated carbocycles. The molecule has 1 atom stereocenters. The van der Waals surface area contributed by atoms with Crippen LogP contribution in [-0.4, -0.2) is 35.2 Å². The summed E-state index contributed by atoms with van der Waals surface area (Å²) < 4.78 is 0. The lowest BCUT2D eigenvalue weighted by Gasteiger charge is -2.25. The van der Waals surface area contributed by atoms with Crippen molar-refractivity contribution in [1.29, 1.82) is 0 Å². The quantitative estimate of drug-likeness (QED) is 0.615. The molecule has 3 amide bonds. The Balaban J connectivity index is 1.56. The van der Waals surface area contributed by atoms with Crippen LogP contribution in [-0.2, 0) is 17.6 Å². The lowest BCUT2D eigenvalue weighted by atomic mass is 10.0. The number of amides is 3. The molecule has 29 heavy (non-hydrogen) atoms. The minimum absolute atomic E-state index is 0.275. The first kappa shape index (κ1) is 19.1. The maximum absolute atomic E-state index is 13.1. The van der Waals surface area contributed by atoms with Gasteiger partial charge < -0.3 is 5.32 Å². The maximum Gasteiger partial charge on any atom is 0.262 e. The molecular weight excluding hydrogens is 384 g/mol. The van der Waals surface area contributed by atoms with Crippen LogP contribution in [0.25, 0.3) is 0 Å². The second-order valence-corrected chi connectivity index (χ2v) is 7.88. The molecular formula is C23H20N2O3S. The molecule has 5 nitrogen and oxygen atoms in total. The molecule has 4 rings (SSSR count). The summed E-state index contributed by atoms with van der Waals surface area (Å²) in [5, 5.41) is 4.90. The second-order valence-electron chi connectivity index (χ2n) is 6.85. The zero-order valence-electron chi connectivity index (χ0n) is 15.7. The Kier molecular flexibility index (Phi) is 5.53. The maximum atomic E-state index is 13.1. The van der Waals surface area contributed by atoms with E-state index < -0.39 is 17.9 Å². The van der Waals surface area contributed by atoms with Crippen molar-refractivity contribution in [3.05, 3.63) is 93.7 Å². The molecule has 146 valence electrons. The number of fused-ring (bicyclic) bond motifs is 1. The fraction of sp³-hybridized carbons (Fsp3) is 0.174. The zero-order valence-corrected chi connectivity index (χ0v) is 16.5. The van der Waals surface area contributed by atoms with Crippen LogP contribution in [0.2, 0.25) is 0 Å². The third-order valence-electron chi connectivity index (χ3n) is 4.96. The number of carbonyl (C=O) groups is 3. The van der Waals surface area contributed by atoms with Crippen molar-refractivity contribution in [1.82, 2.24) is 10.2 Å². The van der Waals surface area contributed by atoms with Gasteiger partial charge in [-0.2, -0.15) is 0 Å². The number of nitrogens with one attached hydrogen (secondary N) is 1. The smallest absolute Gasteiger partial charge is 0.262 e. The molecule has 1 aliphatic heterocycles. The summed E-state index contributed by atoms with van der Waals surface area (Å²) in [6.07, 6.45) is 0.987. The number of hydrogen-bond acceptors (Lipinski definition) is 4. The Labute approximate surface area is 173 Å². The summed E-state index contributed by atoms with van der Waals surface area (Å²) in [7, 11) is 0. The van der Waals surface area contributed by atoms with Crippen LogP contribution >= 0.6 is 11.3 Å². The van der Waals surface area contributed by atoms with Crippen LogP contribution in [0.15, 0.2) is 72.1 Å². The van der Waals surface area contributed by atoms with Gasteiger partial charge in [0.2, 0.25) is 5.91 Å². The van der Waals surface area contributed by atoms with E-state index in [1.54, 1.807) is 35.6 Å². The number of carbonyl (C=O) groups excluding carboxylic acids is 3. The SMILES string of the molecule is O=C(NCCc1cccs1)[C@H](Cc1ccccc1)N1C(=O)c2ccccc2C1=O. The molecule has 0 aliphatic carbocycles. The minimum atomic E-state index is -0.895. The number of imide groups is 1. The highest BCUT2D eigenvalue weighted by Crippen LogP contribution is 2.26. The van der Waals surface area contributed by atoms with Gasteiger partial charge >= 0.3 is 0 Å². The van der Waals surface area contributed by atoms with Crippen LogP contribution in [0, 0.1) is 0 Å². The van der Waals surface area contributed by atoms with Gasteiger partial charge in [0.15, 0.2) is 0 Å². The fourth-order valence-electron chi connectivity index (χ4n) is 3.51. The summed E-state index contributed by atoms with van der Waals surface area (Å²) in [4.78, 5) is 41.2. The Morgan fingerprint density at radius 3 is 2.17 bits per heavy atom. The summed E-state index contributed by atoms with van der Waals surface area (Å²) in [6.45, 7) is 0.452. The van der Waals surface area contributed by atoms with Crippen molar-refractivity contribution >= 4 is 29.1 Å². The molecule has 0 unspecified atom stereocenters. The molecule has 3 aromatic rings. The summed E-state index contributed by atoms with van der Waals surface area (Å²) in [5.41, 5.74) is 1.59. The number of hydrogen-bond donors (Lipinski definition) is 1. The monoisotopic (exact) mass is 404 g/mol. The Morgan fingerprint density at radius 2 is 1.55 bits per heavy atom. The molecule has 0 bridgehead atoms. The molecule has 0 spiro atoms. The average Bonchev–Trinajstić information content (AvgIpc) is 3.35. The number of thiophene rings is 1. The Morgan fingerprint density at radius 1 is 0.897 bits per heavy atom. The summed E-state index contributed by atoms with van der Waals surface area (Å²) in [6, 6.07) is 19.2. The van der Waals surface area contributed by atoms with Crippen LogP contribution in [0.1, 0.15) is 31.2 Å². The van der Waals surface area contributed by atoms with Gasteiger partial charge in [-0.1, -0.05) is 48.5 Å². The lowest BCUT2D eigenvalue weighted by Crippen LogP contribution is -2.51. The Hall–Kier alpha value is -3.25. The van der Waals surface area contributed by atoms with Gasteiger partial charge in [-0.05, 0) is 35.6 Å². The lowest BCUT2D eigenvalue weighted by molar-refractivity contribution is -0.125. The predicted molar refractivity (Wildman–Crippen MR) is 112 cm³/mol. The van der Waals surface area contributed by atoms with E-state index in [-0.39, 0.29) is 12.3 Å². The third-order valence-corrected chi connectivity index (χ3v) is 5.90. The van der Waals surface area contributed by atoms with Gasteiger partial charge in [0.1, 0.15) is 6.04 Å². The van der Waals surface area contributed by atoms with Crippen LogP contribution in [0.3, 0.4) is 0 Å². The molecule has 2 heterocycles. The number of benzene rings is 2. The fourth-order valence-corrected chi connectivity index (χ4v) is 4.22. The van der Waals surface area contributed by atoms with E-state index in [0.29, 0.717) is 24.1 Å².